The molecule has 0 aliphatic carbocycles. The highest BCUT2D eigenvalue weighted by Crippen LogP contribution is 2.34. The van der Waals surface area contributed by atoms with E-state index in [1.165, 1.54) is 18.5 Å². The lowest BCUT2D eigenvalue weighted by Crippen LogP contribution is -2.46. The molecule has 1 aromatic rings. The summed E-state index contributed by atoms with van der Waals surface area (Å²) < 4.78 is 5.44. The number of para-hydroxylation sites is 2. The molecule has 0 spiro atoms. The average Bonchev–Trinajstić information content (AvgIpc) is 2.39. The molecule has 2 atom stereocenters. The number of rotatable bonds is 3. The molecule has 1 heterocycles. The van der Waals surface area contributed by atoms with Gasteiger partial charge in [-0.3, -0.25) is 0 Å². The zero-order valence-corrected chi connectivity index (χ0v) is 10.7. The van der Waals surface area contributed by atoms with Crippen molar-refractivity contribution in [3.8, 4) is 5.75 Å². The maximum Gasteiger partial charge on any atom is 0.142 e. The predicted octanol–water partition coefficient (Wildman–Crippen LogP) is 2.26. The van der Waals surface area contributed by atoms with E-state index in [2.05, 4.69) is 24.0 Å². The topological polar surface area (TPSA) is 38.5 Å². The Morgan fingerprint density at radius 1 is 1.41 bits per heavy atom. The summed E-state index contributed by atoms with van der Waals surface area (Å²) >= 11 is 0. The molecule has 2 rings (SSSR count). The van der Waals surface area contributed by atoms with Crippen LogP contribution in [0.5, 0.6) is 5.75 Å². The predicted molar refractivity (Wildman–Crippen MR) is 71.6 cm³/mol. The molecule has 0 unspecified atom stereocenters. The van der Waals surface area contributed by atoms with E-state index in [1.807, 2.05) is 12.1 Å². The minimum Gasteiger partial charge on any atom is -0.495 e. The van der Waals surface area contributed by atoms with Gasteiger partial charge in [0.25, 0.3) is 0 Å². The van der Waals surface area contributed by atoms with E-state index in [9.17, 15) is 0 Å². The highest BCUT2D eigenvalue weighted by atomic mass is 16.5. The molecular formula is C14H22N2O. The van der Waals surface area contributed by atoms with Gasteiger partial charge in [-0.15, -0.1) is 0 Å². The number of hydrogen-bond donors (Lipinski definition) is 1. The van der Waals surface area contributed by atoms with Gasteiger partial charge in [-0.05, 0) is 44.4 Å². The summed E-state index contributed by atoms with van der Waals surface area (Å²) in [5.74, 6) is 1.55. The Kier molecular flexibility index (Phi) is 3.89. The van der Waals surface area contributed by atoms with Gasteiger partial charge in [-0.25, -0.2) is 0 Å². The molecule has 0 amide bonds. The minimum absolute atomic E-state index is 0.491. The number of benzene rings is 1. The third-order valence-corrected chi connectivity index (χ3v) is 3.85. The van der Waals surface area contributed by atoms with Crippen molar-refractivity contribution in [1.82, 2.24) is 0 Å². The summed E-state index contributed by atoms with van der Waals surface area (Å²) in [6.07, 6.45) is 2.45. The van der Waals surface area contributed by atoms with Gasteiger partial charge < -0.3 is 15.4 Å². The van der Waals surface area contributed by atoms with Gasteiger partial charge in [0.05, 0.1) is 12.8 Å². The van der Waals surface area contributed by atoms with Crippen molar-refractivity contribution in [2.75, 3.05) is 25.1 Å². The standard InChI is InChI=1S/C14H22N2O/c1-11-12(10-15)6-5-9-16(11)13-7-3-4-8-14(13)17-2/h3-4,7-8,11-12H,5-6,9-10,15H2,1-2H3/t11-,12-/m1/s1. The minimum atomic E-state index is 0.491. The summed E-state index contributed by atoms with van der Waals surface area (Å²) in [5.41, 5.74) is 7.04. The van der Waals surface area contributed by atoms with Gasteiger partial charge >= 0.3 is 0 Å². The summed E-state index contributed by atoms with van der Waals surface area (Å²) in [7, 11) is 1.73. The summed E-state index contributed by atoms with van der Waals surface area (Å²) in [6, 6.07) is 8.72. The average molecular weight is 234 g/mol. The van der Waals surface area contributed by atoms with Crippen LogP contribution in [0.1, 0.15) is 19.8 Å². The number of piperidine rings is 1. The number of ether oxygens (including phenoxy) is 1. The lowest BCUT2D eigenvalue weighted by molar-refractivity contribution is 0.340. The molecule has 1 fully saturated rings. The van der Waals surface area contributed by atoms with Crippen LogP contribution in [-0.2, 0) is 0 Å². The van der Waals surface area contributed by atoms with Gasteiger partial charge in [0, 0.05) is 12.6 Å². The van der Waals surface area contributed by atoms with E-state index in [0.29, 0.717) is 12.0 Å². The van der Waals surface area contributed by atoms with Crippen molar-refractivity contribution in [3.05, 3.63) is 24.3 Å². The fourth-order valence-electron chi connectivity index (χ4n) is 2.74. The first kappa shape index (κ1) is 12.2. The molecule has 0 bridgehead atoms. The first-order valence-electron chi connectivity index (χ1n) is 6.37. The molecule has 0 radical (unpaired) electrons. The second-order valence-corrected chi connectivity index (χ2v) is 4.74. The fourth-order valence-corrected chi connectivity index (χ4v) is 2.74. The first-order valence-corrected chi connectivity index (χ1v) is 6.37. The molecule has 3 heteroatoms. The van der Waals surface area contributed by atoms with Gasteiger partial charge in [-0.2, -0.15) is 0 Å². The smallest absolute Gasteiger partial charge is 0.142 e. The van der Waals surface area contributed by atoms with Crippen molar-refractivity contribution in [2.24, 2.45) is 11.7 Å². The van der Waals surface area contributed by atoms with Crippen LogP contribution in [0.15, 0.2) is 24.3 Å². The number of nitrogens with two attached hydrogens (primary N) is 1. The molecule has 1 aliphatic heterocycles. The van der Waals surface area contributed by atoms with Gasteiger partial charge in [0.2, 0.25) is 0 Å². The van der Waals surface area contributed by atoms with E-state index in [1.54, 1.807) is 7.11 Å². The Balaban J connectivity index is 2.26. The number of nitrogens with zero attached hydrogens (tertiary/aromatic N) is 1. The Labute approximate surface area is 104 Å². The van der Waals surface area contributed by atoms with Crippen molar-refractivity contribution in [3.63, 3.8) is 0 Å². The van der Waals surface area contributed by atoms with Crippen LogP contribution in [0, 0.1) is 5.92 Å². The molecule has 0 saturated carbocycles. The molecule has 2 N–H and O–H groups in total. The van der Waals surface area contributed by atoms with Crippen LogP contribution in [-0.4, -0.2) is 26.2 Å². The molecule has 1 aliphatic rings. The molecule has 0 aromatic heterocycles. The van der Waals surface area contributed by atoms with Gasteiger partial charge in [-0.1, -0.05) is 12.1 Å². The second-order valence-electron chi connectivity index (χ2n) is 4.74. The lowest BCUT2D eigenvalue weighted by Gasteiger charge is -2.41. The van der Waals surface area contributed by atoms with Crippen LogP contribution >= 0.6 is 0 Å². The zero-order valence-electron chi connectivity index (χ0n) is 10.7. The maximum atomic E-state index is 5.85. The van der Waals surface area contributed by atoms with Crippen molar-refractivity contribution in [2.45, 2.75) is 25.8 Å². The number of hydrogen-bond acceptors (Lipinski definition) is 3. The fraction of sp³-hybridized carbons (Fsp3) is 0.571. The van der Waals surface area contributed by atoms with Crippen LogP contribution in [0.25, 0.3) is 0 Å². The van der Waals surface area contributed by atoms with E-state index < -0.39 is 0 Å². The highest BCUT2D eigenvalue weighted by molar-refractivity contribution is 5.59. The Hall–Kier alpha value is -1.22. The largest absolute Gasteiger partial charge is 0.495 e. The van der Waals surface area contributed by atoms with E-state index >= 15 is 0 Å². The summed E-state index contributed by atoms with van der Waals surface area (Å²) in [4.78, 5) is 2.43. The second kappa shape index (κ2) is 5.41. The molecule has 3 nitrogen and oxygen atoms in total. The summed E-state index contributed by atoms with van der Waals surface area (Å²) in [6.45, 7) is 4.13. The molecule has 94 valence electrons. The van der Waals surface area contributed by atoms with Crippen LogP contribution < -0.4 is 15.4 Å². The highest BCUT2D eigenvalue weighted by Gasteiger charge is 2.28. The maximum absolute atomic E-state index is 5.85. The van der Waals surface area contributed by atoms with E-state index in [0.717, 1.165) is 18.8 Å². The molecule has 1 saturated heterocycles. The third kappa shape index (κ3) is 2.39. The van der Waals surface area contributed by atoms with Crippen LogP contribution in [0.3, 0.4) is 0 Å². The van der Waals surface area contributed by atoms with Crippen LogP contribution in [0.2, 0.25) is 0 Å². The van der Waals surface area contributed by atoms with Crippen molar-refractivity contribution in [1.29, 1.82) is 0 Å². The SMILES string of the molecule is COc1ccccc1N1CCC[C@H](CN)[C@H]1C. The molecular weight excluding hydrogens is 212 g/mol. The van der Waals surface area contributed by atoms with Gasteiger partial charge in [0.15, 0.2) is 0 Å². The zero-order chi connectivity index (χ0) is 12.3. The Bertz CT molecular complexity index is 367. The summed E-state index contributed by atoms with van der Waals surface area (Å²) in [5, 5.41) is 0. The van der Waals surface area contributed by atoms with Crippen LogP contribution in [0.4, 0.5) is 5.69 Å². The van der Waals surface area contributed by atoms with E-state index in [4.69, 9.17) is 10.5 Å². The quantitative estimate of drug-likeness (QED) is 0.872. The van der Waals surface area contributed by atoms with Crippen molar-refractivity contribution >= 4 is 5.69 Å². The molecule has 1 aromatic carbocycles. The number of methoxy groups -OCH3 is 1. The first-order chi connectivity index (χ1) is 8.27. The third-order valence-electron chi connectivity index (χ3n) is 3.85. The lowest BCUT2D eigenvalue weighted by atomic mass is 9.90. The Morgan fingerprint density at radius 3 is 2.88 bits per heavy atom. The molecule has 17 heavy (non-hydrogen) atoms. The van der Waals surface area contributed by atoms with Crippen molar-refractivity contribution < 1.29 is 4.74 Å². The van der Waals surface area contributed by atoms with E-state index in [-0.39, 0.29) is 0 Å². The normalized spacial score (nSPS) is 24.8. The monoisotopic (exact) mass is 234 g/mol. The number of anilines is 1. The van der Waals surface area contributed by atoms with Gasteiger partial charge in [0.1, 0.15) is 5.75 Å². The Morgan fingerprint density at radius 2 is 2.18 bits per heavy atom.